The Labute approximate surface area is 185 Å². The number of aromatic nitrogens is 2. The largest absolute Gasteiger partial charge is 0.355 e. The second kappa shape index (κ2) is 8.54. The van der Waals surface area contributed by atoms with Gasteiger partial charge in [-0.15, -0.1) is 0 Å². The minimum absolute atomic E-state index is 0.00172. The number of carbonyl (C=O) groups is 3. The summed E-state index contributed by atoms with van der Waals surface area (Å²) in [5.74, 6) is 0.0265. The van der Waals surface area contributed by atoms with Crippen molar-refractivity contribution in [2.75, 3.05) is 31.3 Å². The monoisotopic (exact) mass is 432 g/mol. The zero-order chi connectivity index (χ0) is 22.8. The number of nitrogens with one attached hydrogen (secondary N) is 3. The number of hydrogen-bond donors (Lipinski definition) is 3. The molecule has 0 unspecified atom stereocenters. The van der Waals surface area contributed by atoms with E-state index in [-0.39, 0.29) is 30.8 Å². The third-order valence-corrected chi connectivity index (χ3v) is 5.09. The number of fused-ring (bicyclic) bond motifs is 1. The van der Waals surface area contributed by atoms with Gasteiger partial charge in [-0.3, -0.25) is 9.59 Å². The molecule has 164 valence electrons. The van der Waals surface area contributed by atoms with Crippen LogP contribution in [0.3, 0.4) is 0 Å². The zero-order valence-electron chi connectivity index (χ0n) is 18.1. The van der Waals surface area contributed by atoms with Crippen molar-refractivity contribution in [2.45, 2.75) is 13.5 Å². The van der Waals surface area contributed by atoms with Gasteiger partial charge in [-0.1, -0.05) is 18.2 Å². The highest BCUT2D eigenvalue weighted by Gasteiger charge is 2.33. The first-order valence-electron chi connectivity index (χ1n) is 10.1. The number of hydrogen-bond acceptors (Lipinski definition) is 5. The SMILES string of the molecule is CC(=O)Nc1cc(-c2[nH]c3c(c2Nc2ccccc2)C(=O)CN(C(=O)N(C)C)C3)ccn1. The fourth-order valence-corrected chi connectivity index (χ4v) is 3.74. The molecule has 0 saturated heterocycles. The van der Waals surface area contributed by atoms with Crippen LogP contribution in [0.2, 0.25) is 0 Å². The lowest BCUT2D eigenvalue weighted by Gasteiger charge is -2.28. The number of ketones is 1. The van der Waals surface area contributed by atoms with Crippen LogP contribution in [-0.4, -0.2) is 58.1 Å². The standard InChI is InChI=1S/C23H24N6O3/c1-14(30)25-19-11-15(9-10-24-19)21-22(26-16-7-5-4-6-8-16)20-17(27-21)12-29(13-18(20)31)23(32)28(2)3/h4-11,26-27H,12-13H2,1-3H3,(H,24,25,30). The molecule has 3 heterocycles. The first-order valence-corrected chi connectivity index (χ1v) is 10.1. The van der Waals surface area contributed by atoms with Crippen molar-refractivity contribution in [2.24, 2.45) is 0 Å². The number of carbonyl (C=O) groups excluding carboxylic acids is 3. The van der Waals surface area contributed by atoms with Crippen molar-refractivity contribution >= 4 is 34.9 Å². The Morgan fingerprint density at radius 2 is 1.88 bits per heavy atom. The second-order valence-electron chi connectivity index (χ2n) is 7.79. The molecule has 1 aromatic carbocycles. The van der Waals surface area contributed by atoms with Crippen LogP contribution >= 0.6 is 0 Å². The maximum atomic E-state index is 13.1. The maximum absolute atomic E-state index is 13.1. The fourth-order valence-electron chi connectivity index (χ4n) is 3.74. The first-order chi connectivity index (χ1) is 15.3. The number of pyridine rings is 1. The molecule has 4 rings (SSSR count). The van der Waals surface area contributed by atoms with E-state index in [0.717, 1.165) is 11.3 Å². The molecule has 0 spiro atoms. The van der Waals surface area contributed by atoms with Gasteiger partial charge in [-0.2, -0.15) is 0 Å². The molecule has 0 bridgehead atoms. The molecule has 0 saturated carbocycles. The van der Waals surface area contributed by atoms with E-state index in [9.17, 15) is 14.4 Å². The molecule has 0 atom stereocenters. The van der Waals surface area contributed by atoms with Crippen LogP contribution in [0.25, 0.3) is 11.3 Å². The van der Waals surface area contributed by atoms with E-state index in [2.05, 4.69) is 20.6 Å². The van der Waals surface area contributed by atoms with Crippen molar-refractivity contribution < 1.29 is 14.4 Å². The third kappa shape index (κ3) is 4.18. The van der Waals surface area contributed by atoms with Gasteiger partial charge in [0.25, 0.3) is 0 Å². The van der Waals surface area contributed by atoms with Gasteiger partial charge >= 0.3 is 6.03 Å². The summed E-state index contributed by atoms with van der Waals surface area (Å²) in [6.45, 7) is 1.70. The number of nitrogens with zero attached hydrogens (tertiary/aromatic N) is 3. The molecule has 32 heavy (non-hydrogen) atoms. The molecular weight excluding hydrogens is 408 g/mol. The van der Waals surface area contributed by atoms with Crippen molar-refractivity contribution in [1.29, 1.82) is 0 Å². The van der Waals surface area contributed by atoms with Crippen LogP contribution in [-0.2, 0) is 11.3 Å². The smallest absolute Gasteiger partial charge is 0.320 e. The summed E-state index contributed by atoms with van der Waals surface area (Å²) in [6.07, 6.45) is 1.59. The quantitative estimate of drug-likeness (QED) is 0.585. The molecule has 3 N–H and O–H groups in total. The van der Waals surface area contributed by atoms with Crippen LogP contribution in [0.5, 0.6) is 0 Å². The summed E-state index contributed by atoms with van der Waals surface area (Å²) in [5, 5.41) is 6.04. The topological polar surface area (TPSA) is 110 Å². The van der Waals surface area contributed by atoms with E-state index >= 15 is 0 Å². The Bertz CT molecular complexity index is 1190. The summed E-state index contributed by atoms with van der Waals surface area (Å²) in [6, 6.07) is 12.9. The van der Waals surface area contributed by atoms with Gasteiger partial charge in [0.1, 0.15) is 5.82 Å². The van der Waals surface area contributed by atoms with Crippen molar-refractivity contribution in [1.82, 2.24) is 19.8 Å². The molecule has 0 radical (unpaired) electrons. The normalized spacial score (nSPS) is 12.8. The van der Waals surface area contributed by atoms with Crippen molar-refractivity contribution in [3.8, 4) is 11.3 Å². The Morgan fingerprint density at radius 3 is 2.56 bits per heavy atom. The van der Waals surface area contributed by atoms with E-state index in [1.165, 1.54) is 16.7 Å². The molecule has 1 aliphatic heterocycles. The number of H-pyrrole nitrogens is 1. The number of aromatic amines is 1. The van der Waals surface area contributed by atoms with Gasteiger partial charge in [-0.05, 0) is 24.3 Å². The molecule has 3 aromatic rings. The third-order valence-electron chi connectivity index (χ3n) is 5.09. The highest BCUT2D eigenvalue weighted by molar-refractivity contribution is 6.09. The Balaban J connectivity index is 1.81. The van der Waals surface area contributed by atoms with Crippen LogP contribution in [0.4, 0.5) is 22.0 Å². The summed E-state index contributed by atoms with van der Waals surface area (Å²) >= 11 is 0. The lowest BCUT2D eigenvalue weighted by atomic mass is 10.0. The Hall–Kier alpha value is -4.14. The van der Waals surface area contributed by atoms with Crippen LogP contribution in [0.15, 0.2) is 48.7 Å². The molecule has 0 aliphatic carbocycles. The number of Topliss-reactive ketones (excluding diaryl/α,β-unsaturated/α-hetero) is 1. The summed E-state index contributed by atoms with van der Waals surface area (Å²) in [4.78, 5) is 47.6. The van der Waals surface area contributed by atoms with Gasteiger partial charge in [0.05, 0.1) is 30.0 Å². The number of anilines is 3. The number of urea groups is 1. The Morgan fingerprint density at radius 1 is 1.12 bits per heavy atom. The van der Waals surface area contributed by atoms with Gasteiger partial charge in [0, 0.05) is 44.2 Å². The van der Waals surface area contributed by atoms with Gasteiger partial charge in [0.15, 0.2) is 5.78 Å². The molecule has 9 heteroatoms. The lowest BCUT2D eigenvalue weighted by molar-refractivity contribution is -0.114. The van der Waals surface area contributed by atoms with E-state index in [1.807, 2.05) is 30.3 Å². The van der Waals surface area contributed by atoms with E-state index in [4.69, 9.17) is 0 Å². The second-order valence-corrected chi connectivity index (χ2v) is 7.79. The van der Waals surface area contributed by atoms with Crippen molar-refractivity contribution in [3.63, 3.8) is 0 Å². The summed E-state index contributed by atoms with van der Waals surface area (Å²) in [5.41, 5.74) is 4.07. The molecule has 0 fully saturated rings. The highest BCUT2D eigenvalue weighted by atomic mass is 16.2. The molecule has 1 aliphatic rings. The lowest BCUT2D eigenvalue weighted by Crippen LogP contribution is -2.44. The number of amides is 3. The minimum atomic E-state index is -0.227. The van der Waals surface area contributed by atoms with Crippen LogP contribution < -0.4 is 10.6 Å². The van der Waals surface area contributed by atoms with Crippen molar-refractivity contribution in [3.05, 3.63) is 59.9 Å². The molecular formula is C23H24N6O3. The zero-order valence-corrected chi connectivity index (χ0v) is 18.1. The summed E-state index contributed by atoms with van der Waals surface area (Å²) < 4.78 is 0. The first kappa shape index (κ1) is 21.1. The van der Waals surface area contributed by atoms with E-state index in [0.29, 0.717) is 28.5 Å². The number of rotatable bonds is 4. The Kier molecular flexibility index (Phi) is 5.63. The van der Waals surface area contributed by atoms with E-state index in [1.54, 1.807) is 32.4 Å². The van der Waals surface area contributed by atoms with E-state index < -0.39 is 0 Å². The highest BCUT2D eigenvalue weighted by Crippen LogP contribution is 2.38. The average molecular weight is 432 g/mol. The van der Waals surface area contributed by atoms with Gasteiger partial charge < -0.3 is 25.4 Å². The van der Waals surface area contributed by atoms with Crippen LogP contribution in [0.1, 0.15) is 23.0 Å². The molecule has 9 nitrogen and oxygen atoms in total. The summed E-state index contributed by atoms with van der Waals surface area (Å²) in [7, 11) is 3.32. The average Bonchev–Trinajstić information content (AvgIpc) is 3.12. The van der Waals surface area contributed by atoms with Crippen LogP contribution in [0, 0.1) is 0 Å². The van der Waals surface area contributed by atoms with Gasteiger partial charge in [0.2, 0.25) is 5.91 Å². The predicted molar refractivity (Wildman–Crippen MR) is 122 cm³/mol. The molecule has 3 amide bonds. The predicted octanol–water partition coefficient (Wildman–Crippen LogP) is 3.46. The maximum Gasteiger partial charge on any atom is 0.320 e. The minimum Gasteiger partial charge on any atom is -0.355 e. The molecule has 2 aromatic heterocycles. The number of para-hydroxylation sites is 1. The number of benzene rings is 1. The van der Waals surface area contributed by atoms with Gasteiger partial charge in [-0.25, -0.2) is 9.78 Å². The fraction of sp³-hybridized carbons (Fsp3) is 0.217.